The second-order valence-electron chi connectivity index (χ2n) is 21.8. The number of hydrogen-bond acceptors (Lipinski definition) is 0. The van der Waals surface area contributed by atoms with E-state index in [-0.39, 0.29) is 16.2 Å². The summed E-state index contributed by atoms with van der Waals surface area (Å²) >= 11 is 0. The average Bonchev–Trinajstić information content (AvgIpc) is 4.29. The number of rotatable bonds is 9. The molecule has 12 aromatic carbocycles. The lowest BCUT2D eigenvalue weighted by atomic mass is 9.69. The summed E-state index contributed by atoms with van der Waals surface area (Å²) in [7, 11) is 0. The van der Waals surface area contributed by atoms with Gasteiger partial charge in [0.25, 0.3) is 0 Å². The van der Waals surface area contributed by atoms with Crippen molar-refractivity contribution in [3.63, 3.8) is 0 Å². The molecule has 366 valence electrons. The van der Waals surface area contributed by atoms with E-state index in [2.05, 4.69) is 282 Å². The first-order valence-electron chi connectivity index (χ1n) is 27.9. The van der Waals surface area contributed by atoms with Gasteiger partial charge in [-0.05, 0) is 182 Å². The zero-order valence-electron chi connectivity index (χ0n) is 43.9. The number of fused-ring (bicyclic) bond motifs is 11. The van der Waals surface area contributed by atoms with E-state index in [1.807, 2.05) is 0 Å². The Kier molecular flexibility index (Phi) is 10.3. The van der Waals surface area contributed by atoms with Gasteiger partial charge in [0.05, 0.1) is 0 Å². The van der Waals surface area contributed by atoms with Crippen LogP contribution < -0.4 is 0 Å². The van der Waals surface area contributed by atoms with Crippen LogP contribution in [-0.4, -0.2) is 0 Å². The average molecular weight is 983 g/mol. The molecule has 0 N–H and O–H groups in total. The minimum absolute atomic E-state index is 0.229. The third kappa shape index (κ3) is 6.22. The van der Waals surface area contributed by atoms with Crippen LogP contribution in [0.15, 0.2) is 261 Å². The van der Waals surface area contributed by atoms with Crippen molar-refractivity contribution in [3.05, 3.63) is 311 Å². The molecule has 15 rings (SSSR count). The molecule has 0 bridgehead atoms. The predicted molar refractivity (Wildman–Crippen MR) is 324 cm³/mol. The van der Waals surface area contributed by atoms with Crippen molar-refractivity contribution in [3.8, 4) is 66.8 Å². The van der Waals surface area contributed by atoms with Crippen LogP contribution in [0.1, 0.15) is 90.1 Å². The Morgan fingerprint density at radius 2 is 0.468 bits per heavy atom. The number of benzene rings is 12. The fraction of sp³-hybridized carbons (Fsp3) is 0.117. The molecule has 12 aromatic rings. The minimum atomic E-state index is -0.375. The lowest BCUT2D eigenvalue weighted by Gasteiger charge is -2.33. The van der Waals surface area contributed by atoms with Crippen molar-refractivity contribution in [2.24, 2.45) is 0 Å². The van der Waals surface area contributed by atoms with E-state index in [0.717, 1.165) is 19.3 Å². The Balaban J connectivity index is 0.904. The van der Waals surface area contributed by atoms with Gasteiger partial charge in [-0.15, -0.1) is 0 Å². The molecule has 0 saturated heterocycles. The Hall–Kier alpha value is -8.84. The molecule has 3 aliphatic rings. The fourth-order valence-corrected chi connectivity index (χ4v) is 15.4. The summed E-state index contributed by atoms with van der Waals surface area (Å²) in [4.78, 5) is 0. The third-order valence-corrected chi connectivity index (χ3v) is 18.8. The van der Waals surface area contributed by atoms with Crippen LogP contribution in [0.3, 0.4) is 0 Å². The lowest BCUT2D eigenvalue weighted by molar-refractivity contribution is 0.609. The highest BCUT2D eigenvalue weighted by molar-refractivity contribution is 6.21. The second kappa shape index (κ2) is 17.4. The van der Waals surface area contributed by atoms with Gasteiger partial charge in [0.15, 0.2) is 0 Å². The smallest absolute Gasteiger partial charge is 0.0461 e. The van der Waals surface area contributed by atoms with Crippen molar-refractivity contribution < 1.29 is 0 Å². The molecule has 0 amide bonds. The maximum absolute atomic E-state index is 2.57. The Morgan fingerprint density at radius 1 is 0.221 bits per heavy atom. The van der Waals surface area contributed by atoms with Crippen molar-refractivity contribution in [1.82, 2.24) is 0 Å². The molecular formula is C77H58. The molecule has 3 atom stereocenters. The summed E-state index contributed by atoms with van der Waals surface area (Å²) in [6, 6.07) is 99.7. The van der Waals surface area contributed by atoms with Crippen molar-refractivity contribution >= 4 is 21.5 Å². The molecule has 0 saturated carbocycles. The molecule has 3 aliphatic carbocycles. The van der Waals surface area contributed by atoms with Gasteiger partial charge in [0.1, 0.15) is 0 Å². The molecule has 0 radical (unpaired) electrons. The van der Waals surface area contributed by atoms with Gasteiger partial charge in [0.2, 0.25) is 0 Å². The third-order valence-electron chi connectivity index (χ3n) is 18.8. The summed E-state index contributed by atoms with van der Waals surface area (Å²) in [6.07, 6.45) is 2.86. The van der Waals surface area contributed by atoms with Crippen LogP contribution >= 0.6 is 0 Å². The highest BCUT2D eigenvalue weighted by Crippen LogP contribution is 2.60. The first-order valence-corrected chi connectivity index (χ1v) is 27.9. The fourth-order valence-electron chi connectivity index (χ4n) is 15.4. The SMILES string of the molecule is CCC1(c2ccccc2)c2ccccc2-c2ccc(-c3ccc4c(c3)C(CC)(c3ccccc3)c3cc(-c5c6ccccc6c(-c6ccc7c(c6)C(CC)(c6ccccc6)c6ccccc6-7)c6ccccc56)ccc3-4)cc21. The molecule has 0 heterocycles. The standard InChI is InChI=1S/C77H58/c1-4-75(54-24-10-7-11-25-54)67-36-22-20-30-57(67)59-42-38-50(46-69(59)75)51-39-43-61-62-45-41-53(49-72(62)77(6-3,70(61)47-51)56-28-14-9-15-29-56)74-65-34-18-16-32-63(65)73(64-33-17-19-35-66(64)74)52-40-44-60-58-31-21-23-37-68(58)76(5-2,71(60)48-52)55-26-12-8-13-27-55/h7-49H,4-6H2,1-3H3. The molecule has 0 nitrogen and oxygen atoms in total. The zero-order valence-corrected chi connectivity index (χ0v) is 43.9. The normalized spacial score (nSPS) is 18.4. The van der Waals surface area contributed by atoms with Crippen molar-refractivity contribution in [1.29, 1.82) is 0 Å². The highest BCUT2D eigenvalue weighted by atomic mass is 14.5. The Labute approximate surface area is 453 Å². The Bertz CT molecular complexity index is 4280. The molecule has 0 heteroatoms. The molecule has 77 heavy (non-hydrogen) atoms. The monoisotopic (exact) mass is 982 g/mol. The van der Waals surface area contributed by atoms with Gasteiger partial charge < -0.3 is 0 Å². The molecule has 3 unspecified atom stereocenters. The first kappa shape index (κ1) is 45.5. The molecule has 0 spiro atoms. The van der Waals surface area contributed by atoms with Gasteiger partial charge >= 0.3 is 0 Å². The molecule has 0 fully saturated rings. The summed E-state index contributed by atoms with van der Waals surface area (Å²) in [5.41, 5.74) is 27.1. The summed E-state index contributed by atoms with van der Waals surface area (Å²) in [6.45, 7) is 7.12. The second-order valence-corrected chi connectivity index (χ2v) is 21.8. The van der Waals surface area contributed by atoms with Gasteiger partial charge in [-0.25, -0.2) is 0 Å². The van der Waals surface area contributed by atoms with Crippen LogP contribution in [0.4, 0.5) is 0 Å². The van der Waals surface area contributed by atoms with Crippen LogP contribution in [0.25, 0.3) is 88.3 Å². The van der Waals surface area contributed by atoms with Crippen LogP contribution in [-0.2, 0) is 16.2 Å². The molecule has 0 aromatic heterocycles. The molecule has 0 aliphatic heterocycles. The van der Waals surface area contributed by atoms with E-state index in [4.69, 9.17) is 0 Å². The van der Waals surface area contributed by atoms with Gasteiger partial charge in [0, 0.05) is 16.2 Å². The van der Waals surface area contributed by atoms with Crippen LogP contribution in [0.5, 0.6) is 0 Å². The largest absolute Gasteiger partial charge is 0.0639 e. The predicted octanol–water partition coefficient (Wildman–Crippen LogP) is 20.2. The van der Waals surface area contributed by atoms with Gasteiger partial charge in [-0.2, -0.15) is 0 Å². The summed E-state index contributed by atoms with van der Waals surface area (Å²) < 4.78 is 0. The summed E-state index contributed by atoms with van der Waals surface area (Å²) in [5, 5.41) is 5.08. The topological polar surface area (TPSA) is 0 Å². The summed E-state index contributed by atoms with van der Waals surface area (Å²) in [5.74, 6) is 0. The van der Waals surface area contributed by atoms with Crippen LogP contribution in [0, 0.1) is 0 Å². The highest BCUT2D eigenvalue weighted by Gasteiger charge is 2.46. The quantitative estimate of drug-likeness (QED) is 0.126. The van der Waals surface area contributed by atoms with Crippen molar-refractivity contribution in [2.75, 3.05) is 0 Å². The lowest BCUT2D eigenvalue weighted by Crippen LogP contribution is -2.26. The van der Waals surface area contributed by atoms with Gasteiger partial charge in [-0.1, -0.05) is 257 Å². The van der Waals surface area contributed by atoms with Crippen molar-refractivity contribution in [2.45, 2.75) is 56.3 Å². The van der Waals surface area contributed by atoms with E-state index < -0.39 is 0 Å². The minimum Gasteiger partial charge on any atom is -0.0639 e. The zero-order chi connectivity index (χ0) is 51.5. The number of hydrogen-bond donors (Lipinski definition) is 0. The van der Waals surface area contributed by atoms with Gasteiger partial charge in [-0.3, -0.25) is 0 Å². The van der Waals surface area contributed by atoms with Crippen LogP contribution in [0.2, 0.25) is 0 Å². The maximum Gasteiger partial charge on any atom is 0.0461 e. The van der Waals surface area contributed by atoms with E-state index in [9.17, 15) is 0 Å². The maximum atomic E-state index is 2.57. The van der Waals surface area contributed by atoms with E-state index in [0.29, 0.717) is 0 Å². The van der Waals surface area contributed by atoms with E-state index >= 15 is 0 Å². The molecular weight excluding hydrogens is 925 g/mol. The first-order chi connectivity index (χ1) is 38.0. The Morgan fingerprint density at radius 3 is 0.792 bits per heavy atom. The van der Waals surface area contributed by atoms with E-state index in [1.54, 1.807) is 0 Å². The van der Waals surface area contributed by atoms with E-state index in [1.165, 1.54) is 138 Å².